The fraction of sp³-hybridized carbons (Fsp3) is 0.100. The molecule has 0 amide bonds. The normalized spacial score (nSPS) is 10.3. The second-order valence-corrected chi connectivity index (χ2v) is 5.19. The summed E-state index contributed by atoms with van der Waals surface area (Å²) in [5, 5.41) is 1.07. The lowest BCUT2D eigenvalue weighted by Gasteiger charge is -1.99. The van der Waals surface area contributed by atoms with E-state index in [1.807, 2.05) is 18.3 Å². The average Bonchev–Trinajstić information content (AvgIpc) is 2.53. The molecule has 1 aromatic carbocycles. The molecule has 0 aliphatic carbocycles. The Morgan fingerprint density at radius 1 is 1.31 bits per heavy atom. The molecule has 1 aromatic heterocycles. The van der Waals surface area contributed by atoms with Gasteiger partial charge in [-0.25, -0.2) is 4.98 Å². The van der Waals surface area contributed by atoms with E-state index >= 15 is 0 Å². The van der Waals surface area contributed by atoms with Crippen LogP contribution < -0.4 is 0 Å². The molecule has 0 saturated heterocycles. The van der Waals surface area contributed by atoms with Crippen molar-refractivity contribution < 1.29 is 0 Å². The Bertz CT molecular complexity index is 422. The number of halogens is 1. The number of hydrogen-bond donors (Lipinski definition) is 0. The summed E-state index contributed by atoms with van der Waals surface area (Å²) in [5.41, 5.74) is 2.49. The molecule has 1 heterocycles. The molecule has 0 bridgehead atoms. The minimum atomic E-state index is 1.07. The first kappa shape index (κ1) is 8.91. The Kier molecular flexibility index (Phi) is 2.47. The molecule has 1 nitrogen and oxygen atoms in total. The molecule has 2 aromatic rings. The van der Waals surface area contributed by atoms with Gasteiger partial charge in [0.1, 0.15) is 5.01 Å². The van der Waals surface area contributed by atoms with Gasteiger partial charge in [0.15, 0.2) is 0 Å². The van der Waals surface area contributed by atoms with Crippen LogP contribution in [-0.4, -0.2) is 4.98 Å². The Morgan fingerprint density at radius 3 is 2.69 bits per heavy atom. The molecule has 2 rings (SSSR count). The SMILES string of the molecule is Cc1ccccc1-c1ncc(Br)s1. The number of rotatable bonds is 1. The quantitative estimate of drug-likeness (QED) is 0.752. The van der Waals surface area contributed by atoms with Crippen LogP contribution in [0.25, 0.3) is 10.6 Å². The number of nitrogens with zero attached hydrogens (tertiary/aromatic N) is 1. The highest BCUT2D eigenvalue weighted by molar-refractivity contribution is 9.11. The molecule has 0 aliphatic heterocycles. The van der Waals surface area contributed by atoms with Crippen molar-refractivity contribution in [2.45, 2.75) is 6.92 Å². The van der Waals surface area contributed by atoms with Crippen molar-refractivity contribution in [3.05, 3.63) is 39.8 Å². The summed E-state index contributed by atoms with van der Waals surface area (Å²) >= 11 is 5.07. The molecule has 66 valence electrons. The molecule has 0 spiro atoms. The number of aromatic nitrogens is 1. The third kappa shape index (κ3) is 1.81. The van der Waals surface area contributed by atoms with E-state index in [1.54, 1.807) is 11.3 Å². The van der Waals surface area contributed by atoms with E-state index in [-0.39, 0.29) is 0 Å². The van der Waals surface area contributed by atoms with Crippen LogP contribution in [-0.2, 0) is 0 Å². The first-order valence-electron chi connectivity index (χ1n) is 3.95. The fourth-order valence-corrected chi connectivity index (χ4v) is 2.49. The lowest BCUT2D eigenvalue weighted by molar-refractivity contribution is 1.37. The van der Waals surface area contributed by atoms with Gasteiger partial charge in [0, 0.05) is 5.56 Å². The third-order valence-electron chi connectivity index (χ3n) is 1.85. The van der Waals surface area contributed by atoms with Crippen molar-refractivity contribution in [1.82, 2.24) is 4.98 Å². The number of thiazole rings is 1. The first-order valence-corrected chi connectivity index (χ1v) is 5.55. The Labute approximate surface area is 89.6 Å². The monoisotopic (exact) mass is 253 g/mol. The predicted molar refractivity (Wildman–Crippen MR) is 60.0 cm³/mol. The zero-order valence-electron chi connectivity index (χ0n) is 7.12. The van der Waals surface area contributed by atoms with Crippen LogP contribution in [0.1, 0.15) is 5.56 Å². The van der Waals surface area contributed by atoms with E-state index in [0.29, 0.717) is 0 Å². The largest absolute Gasteiger partial charge is 0.243 e. The van der Waals surface area contributed by atoms with Gasteiger partial charge in [-0.05, 0) is 28.4 Å². The average molecular weight is 254 g/mol. The standard InChI is InChI=1S/C10H8BrNS/c1-7-4-2-3-5-8(7)10-12-6-9(11)13-10/h2-6H,1H3. The van der Waals surface area contributed by atoms with Gasteiger partial charge < -0.3 is 0 Å². The second-order valence-electron chi connectivity index (χ2n) is 2.78. The highest BCUT2D eigenvalue weighted by Gasteiger charge is 2.04. The third-order valence-corrected chi connectivity index (χ3v) is 3.36. The van der Waals surface area contributed by atoms with E-state index in [9.17, 15) is 0 Å². The summed E-state index contributed by atoms with van der Waals surface area (Å²) in [4.78, 5) is 4.32. The molecule has 0 unspecified atom stereocenters. The molecule has 0 atom stereocenters. The maximum Gasteiger partial charge on any atom is 0.124 e. The topological polar surface area (TPSA) is 12.9 Å². The molecule has 3 heteroatoms. The predicted octanol–water partition coefficient (Wildman–Crippen LogP) is 3.88. The molecular weight excluding hydrogens is 246 g/mol. The maximum atomic E-state index is 4.32. The van der Waals surface area contributed by atoms with Crippen LogP contribution in [0.5, 0.6) is 0 Å². The summed E-state index contributed by atoms with van der Waals surface area (Å²) in [6.45, 7) is 2.10. The Balaban J connectivity index is 2.52. The fourth-order valence-electron chi connectivity index (χ4n) is 1.19. The number of benzene rings is 1. The molecule has 0 saturated carbocycles. The molecule has 0 fully saturated rings. The lowest BCUT2D eigenvalue weighted by atomic mass is 10.1. The van der Waals surface area contributed by atoms with Gasteiger partial charge in [-0.1, -0.05) is 24.3 Å². The van der Waals surface area contributed by atoms with Crippen LogP contribution in [0.4, 0.5) is 0 Å². The van der Waals surface area contributed by atoms with Crippen molar-refractivity contribution in [1.29, 1.82) is 0 Å². The minimum absolute atomic E-state index is 1.07. The molecule has 0 radical (unpaired) electrons. The lowest BCUT2D eigenvalue weighted by Crippen LogP contribution is -1.79. The zero-order valence-corrected chi connectivity index (χ0v) is 9.52. The van der Waals surface area contributed by atoms with E-state index in [2.05, 4.69) is 40.0 Å². The van der Waals surface area contributed by atoms with Crippen LogP contribution in [0.15, 0.2) is 34.2 Å². The van der Waals surface area contributed by atoms with Crippen molar-refractivity contribution in [2.75, 3.05) is 0 Å². The van der Waals surface area contributed by atoms with Gasteiger partial charge in [0.05, 0.1) is 9.98 Å². The Hall–Kier alpha value is -0.670. The van der Waals surface area contributed by atoms with Crippen molar-refractivity contribution in [3.8, 4) is 10.6 Å². The van der Waals surface area contributed by atoms with Gasteiger partial charge in [0.25, 0.3) is 0 Å². The van der Waals surface area contributed by atoms with Gasteiger partial charge in [0.2, 0.25) is 0 Å². The molecular formula is C10H8BrNS. The van der Waals surface area contributed by atoms with E-state index in [1.165, 1.54) is 11.1 Å². The summed E-state index contributed by atoms with van der Waals surface area (Å²) in [5.74, 6) is 0. The Morgan fingerprint density at radius 2 is 2.08 bits per heavy atom. The van der Waals surface area contributed by atoms with Crippen LogP contribution in [0.3, 0.4) is 0 Å². The second kappa shape index (κ2) is 3.60. The van der Waals surface area contributed by atoms with Crippen LogP contribution in [0, 0.1) is 6.92 Å². The maximum absolute atomic E-state index is 4.32. The van der Waals surface area contributed by atoms with Crippen molar-refractivity contribution >= 4 is 27.3 Å². The van der Waals surface area contributed by atoms with E-state index in [0.717, 1.165) is 8.79 Å². The number of hydrogen-bond acceptors (Lipinski definition) is 2. The smallest absolute Gasteiger partial charge is 0.124 e. The van der Waals surface area contributed by atoms with Crippen LogP contribution >= 0.6 is 27.3 Å². The molecule has 0 aliphatic rings. The van der Waals surface area contributed by atoms with Gasteiger partial charge >= 0.3 is 0 Å². The van der Waals surface area contributed by atoms with Crippen molar-refractivity contribution in [2.24, 2.45) is 0 Å². The van der Waals surface area contributed by atoms with Gasteiger partial charge in [-0.2, -0.15) is 0 Å². The van der Waals surface area contributed by atoms with Crippen LogP contribution in [0.2, 0.25) is 0 Å². The summed E-state index contributed by atoms with van der Waals surface area (Å²) in [6, 6.07) is 8.28. The summed E-state index contributed by atoms with van der Waals surface area (Å²) in [6.07, 6.45) is 1.84. The highest BCUT2D eigenvalue weighted by Crippen LogP contribution is 2.30. The minimum Gasteiger partial charge on any atom is -0.243 e. The highest BCUT2D eigenvalue weighted by atomic mass is 79.9. The molecule has 13 heavy (non-hydrogen) atoms. The van der Waals surface area contributed by atoms with E-state index < -0.39 is 0 Å². The summed E-state index contributed by atoms with van der Waals surface area (Å²) < 4.78 is 1.07. The van der Waals surface area contributed by atoms with Crippen molar-refractivity contribution in [3.63, 3.8) is 0 Å². The van der Waals surface area contributed by atoms with Gasteiger partial charge in [-0.15, -0.1) is 11.3 Å². The van der Waals surface area contributed by atoms with E-state index in [4.69, 9.17) is 0 Å². The zero-order chi connectivity index (χ0) is 9.26. The first-order chi connectivity index (χ1) is 6.27. The summed E-state index contributed by atoms with van der Waals surface area (Å²) in [7, 11) is 0. The van der Waals surface area contributed by atoms with Gasteiger partial charge in [-0.3, -0.25) is 0 Å². The molecule has 0 N–H and O–H groups in total. The number of aryl methyl sites for hydroxylation is 1.